The summed E-state index contributed by atoms with van der Waals surface area (Å²) in [4.78, 5) is 2.31. The number of rotatable bonds is 0. The largest absolute Gasteiger partial charge is 0.369 e. The van der Waals surface area contributed by atoms with Crippen molar-refractivity contribution in [3.63, 3.8) is 0 Å². The zero-order valence-corrected chi connectivity index (χ0v) is 8.96. The average Bonchev–Trinajstić information content (AvgIpc) is 2.08. The van der Waals surface area contributed by atoms with E-state index in [4.69, 9.17) is 0 Å². The summed E-state index contributed by atoms with van der Waals surface area (Å²) < 4.78 is 0. The fourth-order valence-corrected chi connectivity index (χ4v) is 0.965. The molecular formula is C11H21N. The molecule has 0 spiro atoms. The van der Waals surface area contributed by atoms with Gasteiger partial charge in [0.2, 0.25) is 0 Å². The van der Waals surface area contributed by atoms with Crippen molar-refractivity contribution >= 4 is 0 Å². The quantitative estimate of drug-likeness (QED) is 0.535. The summed E-state index contributed by atoms with van der Waals surface area (Å²) in [5.41, 5.74) is 0.265. The van der Waals surface area contributed by atoms with E-state index in [2.05, 4.69) is 50.1 Å². The monoisotopic (exact) mass is 167 g/mol. The Hall–Kier alpha value is -0.720. The summed E-state index contributed by atoms with van der Waals surface area (Å²) in [7, 11) is 0. The lowest BCUT2D eigenvalue weighted by Gasteiger charge is -2.34. The summed E-state index contributed by atoms with van der Waals surface area (Å²) in [5, 5.41) is 0. The molecule has 12 heavy (non-hydrogen) atoms. The van der Waals surface area contributed by atoms with Crippen molar-refractivity contribution in [1.29, 1.82) is 0 Å². The predicted octanol–water partition coefficient (Wildman–Crippen LogP) is 3.20. The Bertz CT molecular complexity index is 160. The molecule has 0 aromatic heterocycles. The molecule has 1 rings (SSSR count). The second-order valence-corrected chi connectivity index (χ2v) is 3.59. The first-order valence-corrected chi connectivity index (χ1v) is 4.71. The third-order valence-electron chi connectivity index (χ3n) is 1.68. The first-order chi connectivity index (χ1) is 5.61. The lowest BCUT2D eigenvalue weighted by Crippen LogP contribution is -2.37. The maximum absolute atomic E-state index is 2.31. The third kappa shape index (κ3) is 3.61. The molecular weight excluding hydrogens is 146 g/mol. The van der Waals surface area contributed by atoms with Crippen LogP contribution in [0.3, 0.4) is 0 Å². The minimum atomic E-state index is 0.265. The Labute approximate surface area is 76.8 Å². The van der Waals surface area contributed by atoms with Crippen LogP contribution in [-0.2, 0) is 0 Å². The van der Waals surface area contributed by atoms with Crippen LogP contribution in [0.5, 0.6) is 0 Å². The van der Waals surface area contributed by atoms with E-state index in [1.165, 1.54) is 0 Å². The minimum Gasteiger partial charge on any atom is -0.369 e. The van der Waals surface area contributed by atoms with Gasteiger partial charge in [-0.05, 0) is 33.0 Å². The molecule has 0 saturated heterocycles. The molecule has 0 aromatic rings. The van der Waals surface area contributed by atoms with E-state index in [0.29, 0.717) is 0 Å². The molecule has 1 nitrogen and oxygen atoms in total. The molecule has 1 heterocycles. The lowest BCUT2D eigenvalue weighted by molar-refractivity contribution is 0.224. The van der Waals surface area contributed by atoms with E-state index in [1.807, 2.05) is 13.8 Å². The van der Waals surface area contributed by atoms with Gasteiger partial charge in [-0.2, -0.15) is 0 Å². The topological polar surface area (TPSA) is 3.24 Å². The Morgan fingerprint density at radius 3 is 1.92 bits per heavy atom. The molecule has 0 saturated carbocycles. The molecule has 0 amide bonds. The van der Waals surface area contributed by atoms with E-state index >= 15 is 0 Å². The van der Waals surface area contributed by atoms with Crippen molar-refractivity contribution in [2.45, 2.75) is 40.2 Å². The Balaban J connectivity index is 0.000000561. The van der Waals surface area contributed by atoms with Gasteiger partial charge in [0.15, 0.2) is 0 Å². The van der Waals surface area contributed by atoms with Crippen LogP contribution in [0, 0.1) is 0 Å². The van der Waals surface area contributed by atoms with Gasteiger partial charge in [-0.1, -0.05) is 26.0 Å². The van der Waals surface area contributed by atoms with E-state index in [1.54, 1.807) is 0 Å². The fourth-order valence-electron chi connectivity index (χ4n) is 0.965. The SMILES string of the molecule is CC.CC(C)(C)N1C=CC=CC1. The van der Waals surface area contributed by atoms with Crippen molar-refractivity contribution in [2.24, 2.45) is 0 Å². The van der Waals surface area contributed by atoms with E-state index in [0.717, 1.165) is 6.54 Å². The van der Waals surface area contributed by atoms with Crippen molar-refractivity contribution < 1.29 is 0 Å². The third-order valence-corrected chi connectivity index (χ3v) is 1.68. The van der Waals surface area contributed by atoms with Crippen LogP contribution in [0.15, 0.2) is 24.4 Å². The minimum absolute atomic E-state index is 0.265. The van der Waals surface area contributed by atoms with Crippen molar-refractivity contribution in [2.75, 3.05) is 6.54 Å². The van der Waals surface area contributed by atoms with Crippen molar-refractivity contribution in [1.82, 2.24) is 4.90 Å². The number of hydrogen-bond acceptors (Lipinski definition) is 1. The van der Waals surface area contributed by atoms with Crippen LogP contribution < -0.4 is 0 Å². The molecule has 0 bridgehead atoms. The van der Waals surface area contributed by atoms with E-state index < -0.39 is 0 Å². The first kappa shape index (κ1) is 11.3. The lowest BCUT2D eigenvalue weighted by atomic mass is 10.1. The second kappa shape index (κ2) is 5.02. The Morgan fingerprint density at radius 1 is 1.08 bits per heavy atom. The number of allylic oxidation sites excluding steroid dienone is 2. The molecule has 1 heteroatoms. The molecule has 0 fully saturated rings. The zero-order chi connectivity index (χ0) is 9.61. The molecule has 1 aliphatic rings. The van der Waals surface area contributed by atoms with Gasteiger partial charge in [-0.3, -0.25) is 0 Å². The summed E-state index contributed by atoms with van der Waals surface area (Å²) in [6, 6.07) is 0. The molecule has 0 aromatic carbocycles. The smallest absolute Gasteiger partial charge is 0.0362 e. The molecule has 70 valence electrons. The van der Waals surface area contributed by atoms with Gasteiger partial charge in [0.25, 0.3) is 0 Å². The van der Waals surface area contributed by atoms with Crippen LogP contribution in [0.1, 0.15) is 34.6 Å². The average molecular weight is 167 g/mol. The number of hydrogen-bond donors (Lipinski definition) is 0. The van der Waals surface area contributed by atoms with Crippen LogP contribution in [0.25, 0.3) is 0 Å². The highest BCUT2D eigenvalue weighted by Crippen LogP contribution is 2.14. The van der Waals surface area contributed by atoms with Crippen molar-refractivity contribution in [3.05, 3.63) is 24.4 Å². The van der Waals surface area contributed by atoms with Gasteiger partial charge >= 0.3 is 0 Å². The van der Waals surface area contributed by atoms with Crippen molar-refractivity contribution in [3.8, 4) is 0 Å². The van der Waals surface area contributed by atoms with Gasteiger partial charge < -0.3 is 4.90 Å². The van der Waals surface area contributed by atoms with E-state index in [-0.39, 0.29) is 5.54 Å². The maximum atomic E-state index is 2.31. The highest BCUT2D eigenvalue weighted by molar-refractivity contribution is 5.10. The molecule has 0 radical (unpaired) electrons. The van der Waals surface area contributed by atoms with Gasteiger partial charge in [0.05, 0.1) is 0 Å². The molecule has 0 atom stereocenters. The number of nitrogens with zero attached hydrogens (tertiary/aromatic N) is 1. The zero-order valence-electron chi connectivity index (χ0n) is 8.96. The standard InChI is InChI=1S/C9H15N.C2H6/c1-9(2,3)10-7-5-4-6-8-10;1-2/h4-7H,8H2,1-3H3;1-2H3. The van der Waals surface area contributed by atoms with E-state index in [9.17, 15) is 0 Å². The fraction of sp³-hybridized carbons (Fsp3) is 0.636. The van der Waals surface area contributed by atoms with Crippen LogP contribution in [-0.4, -0.2) is 17.0 Å². The highest BCUT2D eigenvalue weighted by Gasteiger charge is 2.16. The predicted molar refractivity (Wildman–Crippen MR) is 56.1 cm³/mol. The molecule has 0 unspecified atom stereocenters. The van der Waals surface area contributed by atoms with Gasteiger partial charge in [0.1, 0.15) is 0 Å². The van der Waals surface area contributed by atoms with Gasteiger partial charge in [0, 0.05) is 12.1 Å². The second-order valence-electron chi connectivity index (χ2n) is 3.59. The van der Waals surface area contributed by atoms with Crippen LogP contribution >= 0.6 is 0 Å². The summed E-state index contributed by atoms with van der Waals surface area (Å²) >= 11 is 0. The molecule has 0 N–H and O–H groups in total. The summed E-state index contributed by atoms with van der Waals surface area (Å²) in [6.07, 6.45) is 8.47. The summed E-state index contributed by atoms with van der Waals surface area (Å²) in [6.45, 7) is 11.7. The maximum Gasteiger partial charge on any atom is 0.0362 e. The Kier molecular flexibility index (Phi) is 4.72. The first-order valence-electron chi connectivity index (χ1n) is 4.71. The molecule has 1 aliphatic heterocycles. The van der Waals surface area contributed by atoms with Gasteiger partial charge in [-0.25, -0.2) is 0 Å². The highest BCUT2D eigenvalue weighted by atomic mass is 15.2. The molecule has 0 aliphatic carbocycles. The van der Waals surface area contributed by atoms with Crippen LogP contribution in [0.4, 0.5) is 0 Å². The summed E-state index contributed by atoms with van der Waals surface area (Å²) in [5.74, 6) is 0. The normalized spacial score (nSPS) is 15.6. The Morgan fingerprint density at radius 2 is 1.67 bits per heavy atom. The van der Waals surface area contributed by atoms with Crippen LogP contribution in [0.2, 0.25) is 0 Å². The van der Waals surface area contributed by atoms with Gasteiger partial charge in [-0.15, -0.1) is 0 Å².